The molecule has 0 bridgehead atoms. The van der Waals surface area contributed by atoms with Gasteiger partial charge in [-0.1, -0.05) is 45.0 Å². The van der Waals surface area contributed by atoms with Gasteiger partial charge in [-0.3, -0.25) is 9.52 Å². The van der Waals surface area contributed by atoms with Crippen LogP contribution in [0.4, 0.5) is 5.69 Å². The van der Waals surface area contributed by atoms with Crippen LogP contribution in [-0.4, -0.2) is 20.6 Å². The molecule has 146 valence electrons. The first-order valence-corrected chi connectivity index (χ1v) is 10.8. The highest BCUT2D eigenvalue weighted by atomic mass is 32.2. The van der Waals surface area contributed by atoms with E-state index in [1.807, 2.05) is 19.1 Å². The molecule has 0 aliphatic carbocycles. The van der Waals surface area contributed by atoms with Gasteiger partial charge in [0.15, 0.2) is 0 Å². The minimum atomic E-state index is -3.35. The Morgan fingerprint density at radius 1 is 1.04 bits per heavy atom. The Balaban J connectivity index is 2.11. The Morgan fingerprint density at radius 2 is 1.63 bits per heavy atom. The molecule has 2 rings (SSSR count). The van der Waals surface area contributed by atoms with Gasteiger partial charge < -0.3 is 5.32 Å². The van der Waals surface area contributed by atoms with Gasteiger partial charge >= 0.3 is 0 Å². The largest absolute Gasteiger partial charge is 0.346 e. The first kappa shape index (κ1) is 21.0. The zero-order valence-electron chi connectivity index (χ0n) is 16.8. The van der Waals surface area contributed by atoms with Crippen LogP contribution in [0.25, 0.3) is 0 Å². The fourth-order valence-electron chi connectivity index (χ4n) is 2.75. The Labute approximate surface area is 162 Å². The van der Waals surface area contributed by atoms with Crippen LogP contribution >= 0.6 is 0 Å². The molecule has 0 unspecified atom stereocenters. The highest BCUT2D eigenvalue weighted by Gasteiger charge is 2.16. The number of nitrogens with one attached hydrogen (secondary N) is 2. The number of hydrogen-bond acceptors (Lipinski definition) is 3. The van der Waals surface area contributed by atoms with Crippen LogP contribution in [0.2, 0.25) is 0 Å². The number of carbonyl (C=O) groups is 1. The van der Waals surface area contributed by atoms with Crippen molar-refractivity contribution >= 4 is 21.6 Å². The molecular weight excluding hydrogens is 360 g/mol. The number of amides is 1. The van der Waals surface area contributed by atoms with Gasteiger partial charge in [-0.15, -0.1) is 0 Å². The lowest BCUT2D eigenvalue weighted by molar-refractivity contribution is 0.0940. The van der Waals surface area contributed by atoms with E-state index >= 15 is 0 Å². The van der Waals surface area contributed by atoms with Crippen molar-refractivity contribution in [3.8, 4) is 0 Å². The van der Waals surface area contributed by atoms with Crippen LogP contribution in [0.1, 0.15) is 60.8 Å². The highest BCUT2D eigenvalue weighted by molar-refractivity contribution is 7.92. The van der Waals surface area contributed by atoms with Crippen molar-refractivity contribution in [1.82, 2.24) is 5.32 Å². The van der Waals surface area contributed by atoms with E-state index in [0.717, 1.165) is 11.8 Å². The second kappa shape index (κ2) is 7.72. The van der Waals surface area contributed by atoms with E-state index in [4.69, 9.17) is 0 Å². The van der Waals surface area contributed by atoms with Gasteiger partial charge in [-0.2, -0.15) is 0 Å². The van der Waals surface area contributed by atoms with Gasteiger partial charge in [0.25, 0.3) is 5.91 Å². The van der Waals surface area contributed by atoms with Crippen molar-refractivity contribution in [2.24, 2.45) is 0 Å². The summed E-state index contributed by atoms with van der Waals surface area (Å²) in [5.74, 6) is -0.198. The molecule has 0 spiro atoms. The molecule has 6 heteroatoms. The number of benzene rings is 2. The number of hydrogen-bond donors (Lipinski definition) is 2. The normalized spacial score (nSPS) is 13.1. The number of rotatable bonds is 5. The molecule has 0 aliphatic rings. The molecule has 2 aromatic carbocycles. The summed E-state index contributed by atoms with van der Waals surface area (Å²) < 4.78 is 25.2. The third-order valence-electron chi connectivity index (χ3n) is 4.41. The third kappa shape index (κ3) is 5.82. The first-order chi connectivity index (χ1) is 12.4. The summed E-state index contributed by atoms with van der Waals surface area (Å²) in [5.41, 5.74) is 4.02. The van der Waals surface area contributed by atoms with Crippen molar-refractivity contribution in [3.05, 3.63) is 64.7 Å². The summed E-state index contributed by atoms with van der Waals surface area (Å²) >= 11 is 0. The SMILES string of the molecule is Cc1cc(C(=O)N[C@H](C)c2ccc(C(C)(C)C)cc2)ccc1NS(C)(=O)=O. The summed E-state index contributed by atoms with van der Waals surface area (Å²) in [5, 5.41) is 2.99. The number of anilines is 1. The van der Waals surface area contributed by atoms with Gasteiger partial charge in [0.05, 0.1) is 18.0 Å². The van der Waals surface area contributed by atoms with Gasteiger partial charge in [-0.25, -0.2) is 8.42 Å². The molecule has 0 saturated heterocycles. The van der Waals surface area contributed by atoms with Crippen molar-refractivity contribution in [3.63, 3.8) is 0 Å². The molecule has 0 radical (unpaired) electrons. The number of aryl methyl sites for hydroxylation is 1. The first-order valence-electron chi connectivity index (χ1n) is 8.86. The fourth-order valence-corrected chi connectivity index (χ4v) is 3.38. The Hall–Kier alpha value is -2.34. The third-order valence-corrected chi connectivity index (χ3v) is 5.00. The monoisotopic (exact) mass is 388 g/mol. The van der Waals surface area contributed by atoms with Gasteiger partial charge in [-0.05, 0) is 54.2 Å². The summed E-state index contributed by atoms with van der Waals surface area (Å²) in [6.45, 7) is 10.2. The Morgan fingerprint density at radius 3 is 2.11 bits per heavy atom. The smallest absolute Gasteiger partial charge is 0.251 e. The van der Waals surface area contributed by atoms with E-state index in [-0.39, 0.29) is 17.4 Å². The Kier molecular flexibility index (Phi) is 6.00. The van der Waals surface area contributed by atoms with E-state index in [2.05, 4.69) is 42.9 Å². The molecule has 5 nitrogen and oxygen atoms in total. The molecule has 0 aromatic heterocycles. The van der Waals surface area contributed by atoms with E-state index in [1.54, 1.807) is 25.1 Å². The molecule has 2 N–H and O–H groups in total. The summed E-state index contributed by atoms with van der Waals surface area (Å²) in [6.07, 6.45) is 1.10. The average Bonchev–Trinajstić information content (AvgIpc) is 2.54. The van der Waals surface area contributed by atoms with Crippen LogP contribution in [0.3, 0.4) is 0 Å². The lowest BCUT2D eigenvalue weighted by atomic mass is 9.86. The lowest BCUT2D eigenvalue weighted by Gasteiger charge is -2.21. The van der Waals surface area contributed by atoms with Gasteiger partial charge in [0, 0.05) is 5.56 Å². The summed E-state index contributed by atoms with van der Waals surface area (Å²) in [7, 11) is -3.35. The molecular formula is C21H28N2O3S. The summed E-state index contributed by atoms with van der Waals surface area (Å²) in [4.78, 5) is 12.6. The molecule has 0 saturated carbocycles. The molecule has 0 aliphatic heterocycles. The van der Waals surface area contributed by atoms with Crippen molar-refractivity contribution < 1.29 is 13.2 Å². The summed E-state index contributed by atoms with van der Waals surface area (Å²) in [6, 6.07) is 13.0. The maximum Gasteiger partial charge on any atom is 0.251 e. The maximum atomic E-state index is 12.6. The standard InChI is InChI=1S/C21H28N2O3S/c1-14-13-17(9-12-19(14)23-27(6,25)26)20(24)22-15(2)16-7-10-18(11-8-16)21(3,4)5/h7-13,15,23H,1-6H3,(H,22,24)/t15-/m1/s1. The lowest BCUT2D eigenvalue weighted by Crippen LogP contribution is -2.27. The molecule has 1 atom stereocenters. The van der Waals surface area contributed by atoms with Crippen LogP contribution in [0.5, 0.6) is 0 Å². The fraction of sp³-hybridized carbons (Fsp3) is 0.381. The van der Waals surface area contributed by atoms with E-state index in [9.17, 15) is 13.2 Å². The Bertz CT molecular complexity index is 927. The second-order valence-electron chi connectivity index (χ2n) is 7.97. The van der Waals surface area contributed by atoms with Crippen LogP contribution in [0, 0.1) is 6.92 Å². The quantitative estimate of drug-likeness (QED) is 0.808. The van der Waals surface area contributed by atoms with E-state index in [0.29, 0.717) is 16.8 Å². The average molecular weight is 389 g/mol. The van der Waals surface area contributed by atoms with Crippen molar-refractivity contribution in [2.75, 3.05) is 11.0 Å². The molecule has 27 heavy (non-hydrogen) atoms. The predicted molar refractivity (Wildman–Crippen MR) is 111 cm³/mol. The minimum absolute atomic E-state index is 0.0876. The second-order valence-corrected chi connectivity index (χ2v) is 9.72. The van der Waals surface area contributed by atoms with Gasteiger partial charge in [0.1, 0.15) is 0 Å². The van der Waals surface area contributed by atoms with Crippen LogP contribution < -0.4 is 10.0 Å². The minimum Gasteiger partial charge on any atom is -0.346 e. The van der Waals surface area contributed by atoms with E-state index < -0.39 is 10.0 Å². The topological polar surface area (TPSA) is 75.3 Å². The molecule has 2 aromatic rings. The molecule has 0 fully saturated rings. The van der Waals surface area contributed by atoms with Crippen molar-refractivity contribution in [2.45, 2.75) is 46.1 Å². The number of carbonyl (C=O) groups excluding carboxylic acids is 1. The zero-order chi connectivity index (χ0) is 20.4. The maximum absolute atomic E-state index is 12.6. The van der Waals surface area contributed by atoms with Crippen LogP contribution in [0.15, 0.2) is 42.5 Å². The zero-order valence-corrected chi connectivity index (χ0v) is 17.6. The molecule has 0 heterocycles. The highest BCUT2D eigenvalue weighted by Crippen LogP contribution is 2.24. The van der Waals surface area contributed by atoms with Crippen LogP contribution in [-0.2, 0) is 15.4 Å². The number of sulfonamides is 1. The predicted octanol–water partition coefficient (Wildman–Crippen LogP) is 4.16. The van der Waals surface area contributed by atoms with Crippen molar-refractivity contribution in [1.29, 1.82) is 0 Å². The van der Waals surface area contributed by atoms with Gasteiger partial charge in [0.2, 0.25) is 10.0 Å². The molecule has 1 amide bonds. The van der Waals surface area contributed by atoms with E-state index in [1.165, 1.54) is 5.56 Å².